The van der Waals surface area contributed by atoms with Crippen molar-refractivity contribution in [2.45, 2.75) is 76.9 Å². The monoisotopic (exact) mass is 379 g/mol. The summed E-state index contributed by atoms with van der Waals surface area (Å²) in [5, 5.41) is 20.1. The van der Waals surface area contributed by atoms with Crippen LogP contribution in [-0.2, 0) is 6.42 Å². The van der Waals surface area contributed by atoms with Gasteiger partial charge in [0.15, 0.2) is 6.29 Å². The lowest BCUT2D eigenvalue weighted by atomic mass is 9.99. The van der Waals surface area contributed by atoms with Gasteiger partial charge < -0.3 is 10.2 Å². The summed E-state index contributed by atoms with van der Waals surface area (Å²) in [5.41, 5.74) is 3.59. The summed E-state index contributed by atoms with van der Waals surface area (Å²) < 4.78 is 0. The van der Waals surface area contributed by atoms with Gasteiger partial charge in [-0.3, -0.25) is 0 Å². The van der Waals surface area contributed by atoms with Crippen LogP contribution in [0, 0.1) is 0 Å². The number of hydrogen-bond acceptors (Lipinski definition) is 3. The van der Waals surface area contributed by atoms with E-state index in [1.54, 1.807) is 0 Å². The Hall–Kier alpha value is -1.97. The van der Waals surface area contributed by atoms with E-state index in [1.165, 1.54) is 61.3 Å². The zero-order valence-corrected chi connectivity index (χ0v) is 16.8. The van der Waals surface area contributed by atoms with Gasteiger partial charge in [-0.25, -0.2) is 4.98 Å². The predicted octanol–water partition coefficient (Wildman–Crippen LogP) is 6.14. The number of unbranched alkanes of at least 4 members (excludes halogenated alkanes) is 8. The molecule has 0 saturated carbocycles. The summed E-state index contributed by atoms with van der Waals surface area (Å²) in [6, 6.07) is 17.1. The highest BCUT2D eigenvalue weighted by Gasteiger charge is 2.04. The fourth-order valence-electron chi connectivity index (χ4n) is 3.96. The highest BCUT2D eigenvalue weighted by molar-refractivity contribution is 5.94. The summed E-state index contributed by atoms with van der Waals surface area (Å²) >= 11 is 0. The quantitative estimate of drug-likeness (QED) is 0.226. The third kappa shape index (κ3) is 6.29. The molecule has 150 valence electrons. The molecule has 0 aliphatic heterocycles. The number of hydrogen-bond donors (Lipinski definition) is 2. The molecular formula is C25H33NO2. The van der Waals surface area contributed by atoms with Gasteiger partial charge >= 0.3 is 0 Å². The number of aliphatic hydroxyl groups excluding tert-OH is 1. The van der Waals surface area contributed by atoms with E-state index in [-0.39, 0.29) is 0 Å². The number of benzene rings is 2. The fourth-order valence-corrected chi connectivity index (χ4v) is 3.96. The van der Waals surface area contributed by atoms with Crippen LogP contribution in [-0.4, -0.2) is 21.5 Å². The van der Waals surface area contributed by atoms with E-state index in [9.17, 15) is 0 Å². The third-order valence-electron chi connectivity index (χ3n) is 5.56. The van der Waals surface area contributed by atoms with E-state index in [0.29, 0.717) is 6.42 Å². The summed E-state index contributed by atoms with van der Waals surface area (Å²) in [7, 11) is 0. The number of para-hydroxylation sites is 1. The molecule has 3 heteroatoms. The Bertz CT molecular complexity index is 859. The molecule has 0 saturated heterocycles. The summed E-state index contributed by atoms with van der Waals surface area (Å²) in [4.78, 5) is 4.82. The number of fused-ring (bicyclic) bond motifs is 2. The molecule has 1 aromatic heterocycles. The van der Waals surface area contributed by atoms with Gasteiger partial charge in [0.1, 0.15) is 0 Å². The predicted molar refractivity (Wildman–Crippen MR) is 117 cm³/mol. The second kappa shape index (κ2) is 11.1. The Morgan fingerprint density at radius 3 is 2.07 bits per heavy atom. The van der Waals surface area contributed by atoms with Crippen molar-refractivity contribution in [1.82, 2.24) is 4.98 Å². The first-order chi connectivity index (χ1) is 13.7. The standard InChI is InChI=1S/C25H33NO2/c27-25(28)18-9-7-5-3-1-2-4-6-8-13-20-15-12-17-24-22(20)19-21-14-10-11-16-23(21)26-24/h10-12,14-17,19,25,27-28H,1-9,13,18H2. The van der Waals surface area contributed by atoms with Gasteiger partial charge in [0.05, 0.1) is 11.0 Å². The Labute approximate surface area is 168 Å². The molecule has 0 aliphatic carbocycles. The van der Waals surface area contributed by atoms with Crippen LogP contribution in [0.1, 0.15) is 69.8 Å². The molecule has 3 aromatic rings. The molecule has 0 fully saturated rings. The molecule has 2 aromatic carbocycles. The van der Waals surface area contributed by atoms with Crippen molar-refractivity contribution < 1.29 is 10.2 Å². The molecule has 0 atom stereocenters. The van der Waals surface area contributed by atoms with Gasteiger partial charge in [-0.15, -0.1) is 0 Å². The number of nitrogens with zero attached hydrogens (tertiary/aromatic N) is 1. The largest absolute Gasteiger partial charge is 0.368 e. The zero-order valence-electron chi connectivity index (χ0n) is 16.8. The molecule has 0 radical (unpaired) electrons. The van der Waals surface area contributed by atoms with Gasteiger partial charge in [0.25, 0.3) is 0 Å². The average Bonchev–Trinajstić information content (AvgIpc) is 2.70. The lowest BCUT2D eigenvalue weighted by molar-refractivity contribution is -0.0466. The van der Waals surface area contributed by atoms with Gasteiger partial charge in [0, 0.05) is 10.8 Å². The minimum Gasteiger partial charge on any atom is -0.368 e. The highest BCUT2D eigenvalue weighted by Crippen LogP contribution is 2.24. The van der Waals surface area contributed by atoms with Crippen LogP contribution >= 0.6 is 0 Å². The number of rotatable bonds is 12. The zero-order chi connectivity index (χ0) is 19.6. The van der Waals surface area contributed by atoms with Crippen LogP contribution in [0.5, 0.6) is 0 Å². The third-order valence-corrected chi connectivity index (χ3v) is 5.56. The summed E-state index contributed by atoms with van der Waals surface area (Å²) in [6.07, 6.45) is 11.5. The molecule has 28 heavy (non-hydrogen) atoms. The van der Waals surface area contributed by atoms with Crippen LogP contribution in [0.25, 0.3) is 21.8 Å². The first-order valence-electron chi connectivity index (χ1n) is 10.9. The maximum absolute atomic E-state index is 8.82. The molecule has 3 rings (SSSR count). The first kappa shape index (κ1) is 20.8. The van der Waals surface area contributed by atoms with Crippen molar-refractivity contribution in [3.05, 3.63) is 54.1 Å². The van der Waals surface area contributed by atoms with E-state index >= 15 is 0 Å². The molecule has 0 aliphatic rings. The van der Waals surface area contributed by atoms with Crippen molar-refractivity contribution >= 4 is 21.8 Å². The lowest BCUT2D eigenvalue weighted by Gasteiger charge is -2.08. The number of aryl methyl sites for hydroxylation is 1. The Balaban J connectivity index is 1.37. The van der Waals surface area contributed by atoms with Crippen molar-refractivity contribution in [3.63, 3.8) is 0 Å². The SMILES string of the molecule is OC(O)CCCCCCCCCCCc1cccc2nc3ccccc3cc12. The van der Waals surface area contributed by atoms with Crippen molar-refractivity contribution in [2.24, 2.45) is 0 Å². The smallest absolute Gasteiger partial charge is 0.151 e. The normalized spacial score (nSPS) is 11.7. The number of aliphatic hydroxyl groups is 2. The second-order valence-corrected chi connectivity index (χ2v) is 7.87. The average molecular weight is 380 g/mol. The first-order valence-corrected chi connectivity index (χ1v) is 10.9. The Morgan fingerprint density at radius 1 is 0.679 bits per heavy atom. The molecule has 0 bridgehead atoms. The molecule has 0 amide bonds. The van der Waals surface area contributed by atoms with E-state index < -0.39 is 6.29 Å². The van der Waals surface area contributed by atoms with E-state index in [4.69, 9.17) is 15.2 Å². The summed E-state index contributed by atoms with van der Waals surface area (Å²) in [5.74, 6) is 0. The van der Waals surface area contributed by atoms with Crippen molar-refractivity contribution in [1.29, 1.82) is 0 Å². The van der Waals surface area contributed by atoms with Gasteiger partial charge in [-0.05, 0) is 49.4 Å². The van der Waals surface area contributed by atoms with Crippen molar-refractivity contribution in [3.8, 4) is 0 Å². The van der Waals surface area contributed by atoms with Crippen molar-refractivity contribution in [2.75, 3.05) is 0 Å². The van der Waals surface area contributed by atoms with Gasteiger partial charge in [-0.2, -0.15) is 0 Å². The topological polar surface area (TPSA) is 53.4 Å². The molecular weight excluding hydrogens is 346 g/mol. The van der Waals surface area contributed by atoms with Crippen LogP contribution in [0.15, 0.2) is 48.5 Å². The molecule has 1 heterocycles. The van der Waals surface area contributed by atoms with Crippen LogP contribution in [0.3, 0.4) is 0 Å². The molecule has 2 N–H and O–H groups in total. The maximum Gasteiger partial charge on any atom is 0.151 e. The van der Waals surface area contributed by atoms with Gasteiger partial charge in [-0.1, -0.05) is 75.3 Å². The van der Waals surface area contributed by atoms with Gasteiger partial charge in [0.2, 0.25) is 0 Å². The van der Waals surface area contributed by atoms with E-state index in [2.05, 4.69) is 42.5 Å². The Morgan fingerprint density at radius 2 is 1.32 bits per heavy atom. The van der Waals surface area contributed by atoms with E-state index in [0.717, 1.165) is 30.3 Å². The maximum atomic E-state index is 8.82. The fraction of sp³-hybridized carbons (Fsp3) is 0.480. The van der Waals surface area contributed by atoms with Crippen LogP contribution < -0.4 is 0 Å². The minimum absolute atomic E-state index is 0.513. The summed E-state index contributed by atoms with van der Waals surface area (Å²) in [6.45, 7) is 0. The molecule has 0 spiro atoms. The number of aromatic nitrogens is 1. The lowest BCUT2D eigenvalue weighted by Crippen LogP contribution is -2.02. The minimum atomic E-state index is -1.13. The van der Waals surface area contributed by atoms with Crippen LogP contribution in [0.4, 0.5) is 0 Å². The molecule has 3 nitrogen and oxygen atoms in total. The number of pyridine rings is 1. The molecule has 0 unspecified atom stereocenters. The Kier molecular flexibility index (Phi) is 8.25. The van der Waals surface area contributed by atoms with Crippen LogP contribution in [0.2, 0.25) is 0 Å². The van der Waals surface area contributed by atoms with E-state index in [1.807, 2.05) is 6.07 Å². The second-order valence-electron chi connectivity index (χ2n) is 7.87. The highest BCUT2D eigenvalue weighted by atomic mass is 16.5.